The van der Waals surface area contributed by atoms with E-state index in [1.807, 2.05) is 0 Å². The van der Waals surface area contributed by atoms with Crippen LogP contribution in [-0.4, -0.2) is 10.8 Å². The SMILES string of the molecule is O=C(Cc1ccc2occc2c1)C[C@@H](c1ccc(C(F)(F)F)cc1)c1ncccc1C(F)(F)F. The van der Waals surface area contributed by atoms with Gasteiger partial charge in [-0.1, -0.05) is 18.2 Å². The van der Waals surface area contributed by atoms with Gasteiger partial charge in [-0.25, -0.2) is 0 Å². The second-order valence-corrected chi connectivity index (χ2v) is 7.82. The van der Waals surface area contributed by atoms with Gasteiger partial charge in [-0.3, -0.25) is 9.78 Å². The van der Waals surface area contributed by atoms with Gasteiger partial charge in [-0.05, 0) is 53.6 Å². The Labute approximate surface area is 190 Å². The van der Waals surface area contributed by atoms with E-state index in [1.165, 1.54) is 12.5 Å². The first-order valence-electron chi connectivity index (χ1n) is 10.2. The van der Waals surface area contributed by atoms with E-state index in [0.717, 1.165) is 41.8 Å². The zero-order chi connectivity index (χ0) is 24.5. The Balaban J connectivity index is 1.68. The summed E-state index contributed by atoms with van der Waals surface area (Å²) in [5.74, 6) is -1.56. The molecule has 0 amide bonds. The van der Waals surface area contributed by atoms with E-state index in [2.05, 4.69) is 4.98 Å². The lowest BCUT2D eigenvalue weighted by Gasteiger charge is -2.21. The molecular weight excluding hydrogens is 460 g/mol. The van der Waals surface area contributed by atoms with Crippen LogP contribution in [0.1, 0.15) is 40.3 Å². The van der Waals surface area contributed by atoms with E-state index in [9.17, 15) is 31.1 Å². The quantitative estimate of drug-likeness (QED) is 0.276. The van der Waals surface area contributed by atoms with Gasteiger partial charge in [0.05, 0.1) is 23.1 Å². The Morgan fingerprint density at radius 2 is 1.65 bits per heavy atom. The van der Waals surface area contributed by atoms with Crippen molar-refractivity contribution in [3.8, 4) is 0 Å². The number of hydrogen-bond acceptors (Lipinski definition) is 3. The Hall–Kier alpha value is -3.62. The molecule has 1 atom stereocenters. The maximum absolute atomic E-state index is 13.7. The molecule has 2 aromatic heterocycles. The molecule has 34 heavy (non-hydrogen) atoms. The van der Waals surface area contributed by atoms with Crippen molar-refractivity contribution in [2.75, 3.05) is 0 Å². The van der Waals surface area contributed by atoms with Crippen LogP contribution in [0.5, 0.6) is 0 Å². The molecule has 0 N–H and O–H groups in total. The summed E-state index contributed by atoms with van der Waals surface area (Å²) in [6.07, 6.45) is -7.11. The van der Waals surface area contributed by atoms with Crippen molar-refractivity contribution in [2.45, 2.75) is 31.1 Å². The maximum atomic E-state index is 13.7. The monoisotopic (exact) mass is 477 g/mol. The average Bonchev–Trinajstić information content (AvgIpc) is 3.24. The second-order valence-electron chi connectivity index (χ2n) is 7.82. The van der Waals surface area contributed by atoms with Crippen LogP contribution in [0.3, 0.4) is 0 Å². The summed E-state index contributed by atoms with van der Waals surface area (Å²) in [4.78, 5) is 16.8. The van der Waals surface area contributed by atoms with E-state index in [4.69, 9.17) is 4.42 Å². The fraction of sp³-hybridized carbons (Fsp3) is 0.200. The van der Waals surface area contributed by atoms with Gasteiger partial charge in [0.1, 0.15) is 11.4 Å². The van der Waals surface area contributed by atoms with Gasteiger partial charge in [0.25, 0.3) is 0 Å². The van der Waals surface area contributed by atoms with Crippen molar-refractivity contribution in [2.24, 2.45) is 0 Å². The molecule has 0 aliphatic rings. The number of carbonyl (C=O) groups is 1. The Kier molecular flexibility index (Phi) is 6.20. The molecule has 3 nitrogen and oxygen atoms in total. The van der Waals surface area contributed by atoms with Crippen LogP contribution in [0, 0.1) is 0 Å². The van der Waals surface area contributed by atoms with Crippen LogP contribution in [0.4, 0.5) is 26.3 Å². The van der Waals surface area contributed by atoms with Crippen molar-refractivity contribution in [3.63, 3.8) is 0 Å². The van der Waals surface area contributed by atoms with Crippen LogP contribution < -0.4 is 0 Å². The molecule has 4 aromatic rings. The normalized spacial score (nSPS) is 13.2. The lowest BCUT2D eigenvalue weighted by atomic mass is 9.86. The first-order chi connectivity index (χ1) is 16.0. The number of aromatic nitrogens is 1. The summed E-state index contributed by atoms with van der Waals surface area (Å²) < 4.78 is 85.2. The highest BCUT2D eigenvalue weighted by Gasteiger charge is 2.37. The summed E-state index contributed by atoms with van der Waals surface area (Å²) in [5, 5.41) is 0.772. The predicted octanol–water partition coefficient (Wildman–Crippen LogP) is 7.20. The van der Waals surface area contributed by atoms with Crippen LogP contribution in [0.25, 0.3) is 11.0 Å². The number of ketones is 1. The van der Waals surface area contributed by atoms with E-state index >= 15 is 0 Å². The minimum atomic E-state index is -4.75. The minimum Gasteiger partial charge on any atom is -0.464 e. The standard InChI is InChI=1S/C25H17F6NO2/c26-24(27,28)18-6-4-16(5-7-18)20(23-21(25(29,30)31)2-1-10-32-23)14-19(33)13-15-3-8-22-17(12-15)9-11-34-22/h1-12,20H,13-14H2/t20-/m0/s1. The number of hydrogen-bond donors (Lipinski definition) is 0. The molecule has 0 saturated carbocycles. The smallest absolute Gasteiger partial charge is 0.418 e. The largest absolute Gasteiger partial charge is 0.464 e. The zero-order valence-corrected chi connectivity index (χ0v) is 17.5. The van der Waals surface area contributed by atoms with Crippen molar-refractivity contribution < 1.29 is 35.6 Å². The van der Waals surface area contributed by atoms with Gasteiger partial charge in [-0.2, -0.15) is 26.3 Å². The van der Waals surface area contributed by atoms with E-state index in [-0.39, 0.29) is 24.2 Å². The molecule has 0 radical (unpaired) electrons. The molecule has 176 valence electrons. The fourth-order valence-electron chi connectivity index (χ4n) is 3.87. The molecule has 2 heterocycles. The molecule has 0 spiro atoms. The molecule has 0 saturated heterocycles. The third-order valence-electron chi connectivity index (χ3n) is 5.46. The van der Waals surface area contributed by atoms with Gasteiger partial charge in [-0.15, -0.1) is 0 Å². The fourth-order valence-corrected chi connectivity index (χ4v) is 3.87. The number of alkyl halides is 6. The molecule has 9 heteroatoms. The number of furan rings is 1. The predicted molar refractivity (Wildman–Crippen MR) is 112 cm³/mol. The number of Topliss-reactive ketones (excluding diaryl/α,β-unsaturated/α-hetero) is 1. The molecule has 0 bridgehead atoms. The lowest BCUT2D eigenvalue weighted by Crippen LogP contribution is -2.18. The molecule has 0 aliphatic carbocycles. The second kappa shape index (κ2) is 8.96. The van der Waals surface area contributed by atoms with Gasteiger partial charge in [0, 0.05) is 30.3 Å². The lowest BCUT2D eigenvalue weighted by molar-refractivity contribution is -0.139. The summed E-state index contributed by atoms with van der Waals surface area (Å²) in [6, 6.07) is 12.6. The highest BCUT2D eigenvalue weighted by atomic mass is 19.4. The van der Waals surface area contributed by atoms with E-state index < -0.39 is 35.1 Å². The van der Waals surface area contributed by atoms with Gasteiger partial charge in [0.2, 0.25) is 0 Å². The summed E-state index contributed by atoms with van der Waals surface area (Å²) in [7, 11) is 0. The highest BCUT2D eigenvalue weighted by molar-refractivity contribution is 5.84. The average molecular weight is 477 g/mol. The van der Waals surface area contributed by atoms with Crippen LogP contribution >= 0.6 is 0 Å². The molecule has 2 aromatic carbocycles. The van der Waals surface area contributed by atoms with Crippen molar-refractivity contribution in [1.82, 2.24) is 4.98 Å². The Bertz CT molecular complexity index is 1310. The van der Waals surface area contributed by atoms with Gasteiger partial charge >= 0.3 is 12.4 Å². The maximum Gasteiger partial charge on any atom is 0.418 e. The number of benzene rings is 2. The summed E-state index contributed by atoms with van der Waals surface area (Å²) >= 11 is 0. The Morgan fingerprint density at radius 1 is 0.912 bits per heavy atom. The summed E-state index contributed by atoms with van der Waals surface area (Å²) in [5.41, 5.74) is -0.979. The molecule has 0 aliphatic heterocycles. The number of nitrogens with zero attached hydrogens (tertiary/aromatic N) is 1. The molecule has 4 rings (SSSR count). The van der Waals surface area contributed by atoms with E-state index in [0.29, 0.717) is 11.1 Å². The first-order valence-corrected chi connectivity index (χ1v) is 10.2. The van der Waals surface area contributed by atoms with Crippen LogP contribution in [0.15, 0.2) is 77.5 Å². The van der Waals surface area contributed by atoms with Gasteiger partial charge < -0.3 is 4.42 Å². The molecule has 0 fully saturated rings. The first kappa shape index (κ1) is 23.5. The number of carbonyl (C=O) groups excluding carboxylic acids is 1. The van der Waals surface area contributed by atoms with Crippen molar-refractivity contribution in [3.05, 3.63) is 101 Å². The van der Waals surface area contributed by atoms with Crippen LogP contribution in [0.2, 0.25) is 0 Å². The van der Waals surface area contributed by atoms with Crippen molar-refractivity contribution >= 4 is 16.8 Å². The molecular formula is C25H17F6NO2. The summed E-state index contributed by atoms with van der Waals surface area (Å²) in [6.45, 7) is 0. The number of pyridine rings is 1. The van der Waals surface area contributed by atoms with Crippen molar-refractivity contribution in [1.29, 1.82) is 0 Å². The Morgan fingerprint density at radius 3 is 2.32 bits per heavy atom. The zero-order valence-electron chi connectivity index (χ0n) is 17.5. The van der Waals surface area contributed by atoms with Gasteiger partial charge in [0.15, 0.2) is 0 Å². The van der Waals surface area contributed by atoms with E-state index in [1.54, 1.807) is 24.3 Å². The third-order valence-corrected chi connectivity index (χ3v) is 5.46. The number of fused-ring (bicyclic) bond motifs is 1. The van der Waals surface area contributed by atoms with Crippen LogP contribution in [-0.2, 0) is 23.6 Å². The minimum absolute atomic E-state index is 0.0631. The highest BCUT2D eigenvalue weighted by Crippen LogP contribution is 2.39. The molecule has 0 unspecified atom stereocenters. The number of rotatable bonds is 6. The topological polar surface area (TPSA) is 43.1 Å². The number of halogens is 6. The third kappa shape index (κ3) is 5.13.